The number of thiophene rings is 1. The first kappa shape index (κ1) is 12.3. The van der Waals surface area contributed by atoms with Crippen molar-refractivity contribution in [3.63, 3.8) is 0 Å². The molecule has 16 heavy (non-hydrogen) atoms. The summed E-state index contributed by atoms with van der Waals surface area (Å²) in [7, 11) is 3.95. The van der Waals surface area contributed by atoms with E-state index in [2.05, 4.69) is 61.0 Å². The molecule has 0 fully saturated rings. The molecule has 0 N–H and O–H groups in total. The standard InChI is InChI=1S/C11H10BrIN2S/c1-15(2)6-14-10-9(13)5-8(12)7-3-4-16-11(7)10/h3-6H,1-2H3/b14-6+. The van der Waals surface area contributed by atoms with Gasteiger partial charge in [0.2, 0.25) is 0 Å². The van der Waals surface area contributed by atoms with E-state index >= 15 is 0 Å². The van der Waals surface area contributed by atoms with Gasteiger partial charge in [0.25, 0.3) is 0 Å². The molecule has 0 aliphatic rings. The van der Waals surface area contributed by atoms with Gasteiger partial charge in [-0.05, 0) is 40.1 Å². The molecule has 0 atom stereocenters. The summed E-state index contributed by atoms with van der Waals surface area (Å²) in [6.45, 7) is 0. The van der Waals surface area contributed by atoms with Crippen molar-refractivity contribution in [2.24, 2.45) is 4.99 Å². The Morgan fingerprint density at radius 3 is 2.94 bits per heavy atom. The molecule has 2 nitrogen and oxygen atoms in total. The summed E-state index contributed by atoms with van der Waals surface area (Å²) in [5, 5.41) is 3.33. The van der Waals surface area contributed by atoms with Gasteiger partial charge in [0.05, 0.1) is 16.7 Å². The van der Waals surface area contributed by atoms with Crippen LogP contribution in [0.2, 0.25) is 0 Å². The van der Waals surface area contributed by atoms with Crippen molar-refractivity contribution < 1.29 is 0 Å². The molecule has 0 saturated heterocycles. The number of fused-ring (bicyclic) bond motifs is 1. The summed E-state index contributed by atoms with van der Waals surface area (Å²) >= 11 is 7.63. The van der Waals surface area contributed by atoms with Gasteiger partial charge < -0.3 is 4.90 Å². The summed E-state index contributed by atoms with van der Waals surface area (Å²) in [5.41, 5.74) is 1.06. The summed E-state index contributed by atoms with van der Waals surface area (Å²) in [6, 6.07) is 4.23. The lowest BCUT2D eigenvalue weighted by molar-refractivity contribution is 0.643. The van der Waals surface area contributed by atoms with Crippen LogP contribution in [0.4, 0.5) is 5.69 Å². The van der Waals surface area contributed by atoms with Crippen LogP contribution in [0.3, 0.4) is 0 Å². The Kier molecular flexibility index (Phi) is 3.86. The van der Waals surface area contributed by atoms with E-state index in [1.165, 1.54) is 10.1 Å². The fourth-order valence-corrected chi connectivity index (χ4v) is 4.28. The van der Waals surface area contributed by atoms with Crippen molar-refractivity contribution >= 4 is 72.0 Å². The van der Waals surface area contributed by atoms with Crippen LogP contribution in [0.5, 0.6) is 0 Å². The lowest BCUT2D eigenvalue weighted by Gasteiger charge is -2.06. The van der Waals surface area contributed by atoms with E-state index in [0.717, 1.165) is 13.7 Å². The predicted octanol–water partition coefficient (Wildman–Crippen LogP) is 4.49. The van der Waals surface area contributed by atoms with Gasteiger partial charge >= 0.3 is 0 Å². The Hall–Kier alpha value is -0.140. The van der Waals surface area contributed by atoms with Crippen LogP contribution in [0.1, 0.15) is 0 Å². The zero-order valence-corrected chi connectivity index (χ0v) is 13.4. The summed E-state index contributed by atoms with van der Waals surface area (Å²) < 4.78 is 3.53. The summed E-state index contributed by atoms with van der Waals surface area (Å²) in [4.78, 5) is 6.47. The lowest BCUT2D eigenvalue weighted by Crippen LogP contribution is -2.07. The van der Waals surface area contributed by atoms with Crippen LogP contribution in [0, 0.1) is 3.57 Å². The Morgan fingerprint density at radius 2 is 2.25 bits per heavy atom. The number of aliphatic imine (C=N–C) groups is 1. The van der Waals surface area contributed by atoms with Gasteiger partial charge in [-0.15, -0.1) is 11.3 Å². The first-order valence-corrected chi connectivity index (χ1v) is 7.40. The molecule has 2 aromatic rings. The van der Waals surface area contributed by atoms with Gasteiger partial charge in [0.1, 0.15) is 0 Å². The average molecular weight is 409 g/mol. The molecule has 1 aromatic carbocycles. The number of hydrogen-bond donors (Lipinski definition) is 0. The third kappa shape index (κ3) is 2.41. The number of halogens is 2. The van der Waals surface area contributed by atoms with E-state index in [9.17, 15) is 0 Å². The Bertz CT molecular complexity index is 548. The van der Waals surface area contributed by atoms with Crippen molar-refractivity contribution in [3.05, 3.63) is 25.6 Å². The first-order chi connectivity index (χ1) is 7.59. The topological polar surface area (TPSA) is 15.6 Å². The maximum atomic E-state index is 4.53. The third-order valence-corrected chi connectivity index (χ3v) is 4.43. The highest BCUT2D eigenvalue weighted by molar-refractivity contribution is 14.1. The molecule has 0 amide bonds. The molecule has 0 aliphatic carbocycles. The molecular weight excluding hydrogens is 399 g/mol. The smallest absolute Gasteiger partial charge is 0.0959 e. The maximum Gasteiger partial charge on any atom is 0.0959 e. The minimum atomic E-state index is 1.06. The number of hydrogen-bond acceptors (Lipinski definition) is 2. The minimum Gasteiger partial charge on any atom is -0.369 e. The van der Waals surface area contributed by atoms with E-state index in [1.54, 1.807) is 11.3 Å². The van der Waals surface area contributed by atoms with Crippen LogP contribution in [0.25, 0.3) is 10.1 Å². The van der Waals surface area contributed by atoms with Gasteiger partial charge in [0, 0.05) is 27.5 Å². The predicted molar refractivity (Wildman–Crippen MR) is 84.1 cm³/mol. The highest BCUT2D eigenvalue weighted by Gasteiger charge is 2.09. The normalized spacial score (nSPS) is 11.5. The van der Waals surface area contributed by atoms with E-state index in [-0.39, 0.29) is 0 Å². The number of rotatable bonds is 2. The molecule has 5 heteroatoms. The second kappa shape index (κ2) is 5.01. The molecule has 0 bridgehead atoms. The van der Waals surface area contributed by atoms with Crippen molar-refractivity contribution in [2.45, 2.75) is 0 Å². The Balaban J connectivity index is 2.63. The zero-order chi connectivity index (χ0) is 11.7. The lowest BCUT2D eigenvalue weighted by atomic mass is 10.2. The summed E-state index contributed by atoms with van der Waals surface area (Å²) in [5.74, 6) is 0. The van der Waals surface area contributed by atoms with E-state index in [0.29, 0.717) is 0 Å². The summed E-state index contributed by atoms with van der Waals surface area (Å²) in [6.07, 6.45) is 1.84. The van der Waals surface area contributed by atoms with Crippen molar-refractivity contribution in [3.8, 4) is 0 Å². The van der Waals surface area contributed by atoms with Crippen LogP contribution in [-0.2, 0) is 0 Å². The Labute approximate surface area is 121 Å². The quantitative estimate of drug-likeness (QED) is 0.406. The number of benzene rings is 1. The SMILES string of the molecule is CN(C)/C=N/c1c(I)cc(Br)c2ccsc12. The first-order valence-electron chi connectivity index (χ1n) is 4.65. The average Bonchev–Trinajstić information content (AvgIpc) is 2.65. The monoisotopic (exact) mass is 408 g/mol. The largest absolute Gasteiger partial charge is 0.369 e. The molecule has 0 radical (unpaired) electrons. The van der Waals surface area contributed by atoms with Crippen LogP contribution in [-0.4, -0.2) is 25.3 Å². The van der Waals surface area contributed by atoms with Crippen molar-refractivity contribution in [1.29, 1.82) is 0 Å². The fraction of sp³-hybridized carbons (Fsp3) is 0.182. The van der Waals surface area contributed by atoms with Crippen LogP contribution >= 0.6 is 49.9 Å². The van der Waals surface area contributed by atoms with Gasteiger partial charge in [0.15, 0.2) is 0 Å². The minimum absolute atomic E-state index is 1.06. The second-order valence-corrected chi connectivity index (χ2v) is 6.49. The third-order valence-electron chi connectivity index (χ3n) is 2.04. The maximum absolute atomic E-state index is 4.53. The van der Waals surface area contributed by atoms with Crippen molar-refractivity contribution in [2.75, 3.05) is 14.1 Å². The molecule has 0 unspecified atom stereocenters. The molecule has 1 heterocycles. The van der Waals surface area contributed by atoms with Gasteiger partial charge in [-0.25, -0.2) is 4.99 Å². The molecule has 0 saturated carbocycles. The molecule has 2 rings (SSSR count). The van der Waals surface area contributed by atoms with Gasteiger partial charge in [-0.1, -0.05) is 15.9 Å². The Morgan fingerprint density at radius 1 is 1.50 bits per heavy atom. The van der Waals surface area contributed by atoms with E-state index in [1.807, 2.05) is 25.3 Å². The van der Waals surface area contributed by atoms with E-state index < -0.39 is 0 Å². The van der Waals surface area contributed by atoms with Gasteiger partial charge in [-0.2, -0.15) is 0 Å². The molecule has 0 spiro atoms. The molecular formula is C11H10BrIN2S. The van der Waals surface area contributed by atoms with E-state index in [4.69, 9.17) is 0 Å². The van der Waals surface area contributed by atoms with Crippen molar-refractivity contribution in [1.82, 2.24) is 4.90 Å². The second-order valence-electron chi connectivity index (χ2n) is 3.56. The molecule has 0 aliphatic heterocycles. The molecule has 84 valence electrons. The van der Waals surface area contributed by atoms with Gasteiger partial charge in [-0.3, -0.25) is 0 Å². The highest BCUT2D eigenvalue weighted by Crippen LogP contribution is 2.39. The highest BCUT2D eigenvalue weighted by atomic mass is 127. The molecule has 1 aromatic heterocycles. The fourth-order valence-electron chi connectivity index (χ4n) is 1.34. The van der Waals surface area contributed by atoms with Crippen LogP contribution < -0.4 is 0 Å². The zero-order valence-electron chi connectivity index (χ0n) is 8.87. The number of nitrogens with zero attached hydrogens (tertiary/aromatic N) is 2. The van der Waals surface area contributed by atoms with Crippen LogP contribution in [0.15, 0.2) is 27.0 Å².